The quantitative estimate of drug-likeness (QED) is 0.621. The van der Waals surface area contributed by atoms with Gasteiger partial charge in [0.2, 0.25) is 0 Å². The van der Waals surface area contributed by atoms with Crippen LogP contribution in [-0.2, 0) is 9.47 Å². The van der Waals surface area contributed by atoms with Crippen molar-refractivity contribution >= 4 is 0 Å². The van der Waals surface area contributed by atoms with Crippen LogP contribution in [0, 0.1) is 5.41 Å². The number of likely N-dealkylation sites (N-methyl/N-ethyl adjacent to an activating group) is 1. The molecule has 0 aromatic rings. The van der Waals surface area contributed by atoms with Crippen LogP contribution in [0.3, 0.4) is 0 Å². The smallest absolute Gasteiger partial charge is 0.0593 e. The summed E-state index contributed by atoms with van der Waals surface area (Å²) in [6.07, 6.45) is 5.12. The Hall–Kier alpha value is -0.160. The summed E-state index contributed by atoms with van der Waals surface area (Å²) in [5.41, 5.74) is 0.406. The molecule has 1 saturated heterocycles. The molecule has 1 N–H and O–H groups in total. The molecular weight excluding hydrogens is 252 g/mol. The molecule has 4 nitrogen and oxygen atoms in total. The average molecular weight is 284 g/mol. The van der Waals surface area contributed by atoms with E-state index in [9.17, 15) is 0 Å². The molecule has 2 fully saturated rings. The standard InChI is InChI=1S/C16H32N2O2/c1-3-18(9-12-19-4-2)14-16(7-10-20-11-8-16)13-17-15-5-6-15/h15,17H,3-14H2,1-2H3. The van der Waals surface area contributed by atoms with E-state index < -0.39 is 0 Å². The SMILES string of the molecule is CCOCCN(CC)CC1(CNC2CC2)CCOCC1. The van der Waals surface area contributed by atoms with Crippen LogP contribution in [0.5, 0.6) is 0 Å². The van der Waals surface area contributed by atoms with Gasteiger partial charge in [-0.15, -0.1) is 0 Å². The van der Waals surface area contributed by atoms with Gasteiger partial charge in [0, 0.05) is 45.5 Å². The van der Waals surface area contributed by atoms with E-state index in [0.717, 1.165) is 52.1 Å². The van der Waals surface area contributed by atoms with E-state index in [1.165, 1.54) is 32.2 Å². The lowest BCUT2D eigenvalue weighted by Crippen LogP contribution is -2.48. The Kier molecular flexibility index (Phi) is 6.75. The molecule has 0 bridgehead atoms. The molecule has 0 aromatic carbocycles. The number of nitrogens with zero attached hydrogens (tertiary/aromatic N) is 1. The average Bonchev–Trinajstić information content (AvgIpc) is 3.30. The molecule has 1 heterocycles. The van der Waals surface area contributed by atoms with Crippen LogP contribution >= 0.6 is 0 Å². The van der Waals surface area contributed by atoms with Crippen LogP contribution in [0.25, 0.3) is 0 Å². The topological polar surface area (TPSA) is 33.7 Å². The van der Waals surface area contributed by atoms with Gasteiger partial charge in [0.05, 0.1) is 6.61 Å². The molecule has 2 rings (SSSR count). The Bertz CT molecular complexity index is 263. The van der Waals surface area contributed by atoms with Gasteiger partial charge in [-0.25, -0.2) is 0 Å². The van der Waals surface area contributed by atoms with E-state index >= 15 is 0 Å². The van der Waals surface area contributed by atoms with Crippen molar-refractivity contribution in [2.45, 2.75) is 45.6 Å². The van der Waals surface area contributed by atoms with Crippen molar-refractivity contribution < 1.29 is 9.47 Å². The van der Waals surface area contributed by atoms with Gasteiger partial charge in [-0.1, -0.05) is 6.92 Å². The maximum Gasteiger partial charge on any atom is 0.0593 e. The Morgan fingerprint density at radius 2 is 2.00 bits per heavy atom. The Morgan fingerprint density at radius 3 is 2.60 bits per heavy atom. The molecule has 0 aromatic heterocycles. The Balaban J connectivity index is 1.83. The van der Waals surface area contributed by atoms with E-state index in [2.05, 4.69) is 24.1 Å². The van der Waals surface area contributed by atoms with Gasteiger partial charge >= 0.3 is 0 Å². The highest BCUT2D eigenvalue weighted by Gasteiger charge is 2.35. The molecule has 1 aliphatic carbocycles. The summed E-state index contributed by atoms with van der Waals surface area (Å²) in [6, 6.07) is 0.799. The predicted octanol–water partition coefficient (Wildman–Crippen LogP) is 1.89. The lowest BCUT2D eigenvalue weighted by molar-refractivity contribution is -0.00804. The normalized spacial score (nSPS) is 22.4. The van der Waals surface area contributed by atoms with E-state index in [4.69, 9.17) is 9.47 Å². The molecule has 118 valence electrons. The van der Waals surface area contributed by atoms with Gasteiger partial charge in [-0.05, 0) is 44.6 Å². The fourth-order valence-electron chi connectivity index (χ4n) is 3.00. The second-order valence-corrected chi connectivity index (χ2v) is 6.33. The van der Waals surface area contributed by atoms with Gasteiger partial charge in [-0.3, -0.25) is 0 Å². The Labute approximate surface area is 124 Å². The third-order valence-electron chi connectivity index (χ3n) is 4.66. The van der Waals surface area contributed by atoms with Crippen LogP contribution in [0.1, 0.15) is 39.5 Å². The molecule has 0 spiro atoms. The van der Waals surface area contributed by atoms with Crippen molar-refractivity contribution in [1.82, 2.24) is 10.2 Å². The molecule has 0 atom stereocenters. The zero-order valence-corrected chi connectivity index (χ0v) is 13.3. The van der Waals surface area contributed by atoms with Crippen molar-refractivity contribution in [2.75, 3.05) is 52.6 Å². The second-order valence-electron chi connectivity index (χ2n) is 6.33. The molecule has 1 saturated carbocycles. The largest absolute Gasteiger partial charge is 0.381 e. The summed E-state index contributed by atoms with van der Waals surface area (Å²) in [5, 5.41) is 3.75. The fourth-order valence-corrected chi connectivity index (χ4v) is 3.00. The third kappa shape index (κ3) is 5.32. The van der Waals surface area contributed by atoms with Gasteiger partial charge in [0.15, 0.2) is 0 Å². The molecule has 0 amide bonds. The Morgan fingerprint density at radius 1 is 1.25 bits per heavy atom. The monoisotopic (exact) mass is 284 g/mol. The van der Waals surface area contributed by atoms with Crippen LogP contribution < -0.4 is 5.32 Å². The highest BCUT2D eigenvalue weighted by molar-refractivity contribution is 4.91. The number of ether oxygens (including phenoxy) is 2. The number of hydrogen-bond donors (Lipinski definition) is 1. The molecule has 0 unspecified atom stereocenters. The summed E-state index contributed by atoms with van der Waals surface area (Å²) in [4.78, 5) is 2.55. The zero-order valence-electron chi connectivity index (χ0n) is 13.3. The van der Waals surface area contributed by atoms with Crippen molar-refractivity contribution in [3.05, 3.63) is 0 Å². The first-order valence-corrected chi connectivity index (χ1v) is 8.39. The van der Waals surface area contributed by atoms with E-state index in [0.29, 0.717) is 5.41 Å². The zero-order chi connectivity index (χ0) is 14.3. The highest BCUT2D eigenvalue weighted by Crippen LogP contribution is 2.32. The molecule has 20 heavy (non-hydrogen) atoms. The van der Waals surface area contributed by atoms with E-state index in [-0.39, 0.29) is 0 Å². The van der Waals surface area contributed by atoms with E-state index in [1.807, 2.05) is 0 Å². The van der Waals surface area contributed by atoms with Gasteiger partial charge in [-0.2, -0.15) is 0 Å². The summed E-state index contributed by atoms with van der Waals surface area (Å²) >= 11 is 0. The summed E-state index contributed by atoms with van der Waals surface area (Å²) in [5.74, 6) is 0. The maximum absolute atomic E-state index is 5.59. The lowest BCUT2D eigenvalue weighted by atomic mass is 9.79. The van der Waals surface area contributed by atoms with Crippen LogP contribution in [0.4, 0.5) is 0 Å². The molecule has 4 heteroatoms. The first kappa shape index (κ1) is 16.2. The van der Waals surface area contributed by atoms with Crippen molar-refractivity contribution in [3.8, 4) is 0 Å². The minimum absolute atomic E-state index is 0.406. The highest BCUT2D eigenvalue weighted by atomic mass is 16.5. The van der Waals surface area contributed by atoms with Crippen LogP contribution in [0.2, 0.25) is 0 Å². The lowest BCUT2D eigenvalue weighted by Gasteiger charge is -2.41. The second kappa shape index (κ2) is 8.32. The number of nitrogens with one attached hydrogen (secondary N) is 1. The first-order valence-electron chi connectivity index (χ1n) is 8.39. The van der Waals surface area contributed by atoms with Gasteiger partial charge in [0.25, 0.3) is 0 Å². The van der Waals surface area contributed by atoms with E-state index in [1.54, 1.807) is 0 Å². The van der Waals surface area contributed by atoms with Crippen LogP contribution in [0.15, 0.2) is 0 Å². The predicted molar refractivity (Wildman–Crippen MR) is 82.1 cm³/mol. The van der Waals surface area contributed by atoms with Gasteiger partial charge in [0.1, 0.15) is 0 Å². The number of hydrogen-bond acceptors (Lipinski definition) is 4. The molecular formula is C16H32N2O2. The summed E-state index contributed by atoms with van der Waals surface area (Å²) < 4.78 is 11.1. The van der Waals surface area contributed by atoms with Crippen molar-refractivity contribution in [3.63, 3.8) is 0 Å². The molecule has 2 aliphatic rings. The molecule has 1 aliphatic heterocycles. The number of rotatable bonds is 10. The fraction of sp³-hybridized carbons (Fsp3) is 1.00. The van der Waals surface area contributed by atoms with Crippen molar-refractivity contribution in [2.24, 2.45) is 5.41 Å². The first-order chi connectivity index (χ1) is 9.78. The van der Waals surface area contributed by atoms with Crippen molar-refractivity contribution in [1.29, 1.82) is 0 Å². The summed E-state index contributed by atoms with van der Waals surface area (Å²) in [7, 11) is 0. The summed E-state index contributed by atoms with van der Waals surface area (Å²) in [6.45, 7) is 12.3. The van der Waals surface area contributed by atoms with Crippen LogP contribution in [-0.4, -0.2) is 63.5 Å². The third-order valence-corrected chi connectivity index (χ3v) is 4.66. The minimum Gasteiger partial charge on any atom is -0.381 e. The molecule has 0 radical (unpaired) electrons. The minimum atomic E-state index is 0.406. The maximum atomic E-state index is 5.59. The van der Waals surface area contributed by atoms with Gasteiger partial charge < -0.3 is 19.7 Å².